The van der Waals surface area contributed by atoms with Crippen molar-refractivity contribution in [2.75, 3.05) is 18.6 Å². The van der Waals surface area contributed by atoms with E-state index in [1.807, 2.05) is 25.1 Å². The van der Waals surface area contributed by atoms with Gasteiger partial charge in [0.15, 0.2) is 0 Å². The summed E-state index contributed by atoms with van der Waals surface area (Å²) in [5.41, 5.74) is 13.5. The highest BCUT2D eigenvalue weighted by molar-refractivity contribution is 5.78. The van der Waals surface area contributed by atoms with Crippen LogP contribution < -0.4 is 16.2 Å². The Bertz CT molecular complexity index is 675. The molecule has 0 fully saturated rings. The molecule has 0 radical (unpaired) electrons. The van der Waals surface area contributed by atoms with Gasteiger partial charge in [-0.15, -0.1) is 0 Å². The lowest BCUT2D eigenvalue weighted by molar-refractivity contribution is 0.413. The topological polar surface area (TPSA) is 111 Å². The van der Waals surface area contributed by atoms with Gasteiger partial charge in [0.1, 0.15) is 23.2 Å². The summed E-state index contributed by atoms with van der Waals surface area (Å²) in [5.74, 6) is 0.722. The van der Waals surface area contributed by atoms with Crippen LogP contribution in [0.4, 0.5) is 11.8 Å². The number of aromatic nitrogens is 2. The molecule has 0 aliphatic rings. The van der Waals surface area contributed by atoms with Gasteiger partial charge in [-0.2, -0.15) is 10.2 Å². The number of ether oxygens (including phenoxy) is 1. The van der Waals surface area contributed by atoms with Crippen LogP contribution in [-0.2, 0) is 0 Å². The van der Waals surface area contributed by atoms with Crippen molar-refractivity contribution in [2.45, 2.75) is 6.92 Å². The van der Waals surface area contributed by atoms with E-state index in [2.05, 4.69) is 9.97 Å². The number of anilines is 2. The fraction of sp³-hybridized carbons (Fsp3) is 0.154. The summed E-state index contributed by atoms with van der Waals surface area (Å²) in [4.78, 5) is 7.90. The fourth-order valence-electron chi connectivity index (χ4n) is 1.91. The van der Waals surface area contributed by atoms with Crippen molar-refractivity contribution in [2.24, 2.45) is 0 Å². The van der Waals surface area contributed by atoms with Crippen molar-refractivity contribution in [3.63, 3.8) is 0 Å². The molecule has 2 rings (SSSR count). The highest BCUT2D eigenvalue weighted by atomic mass is 16.5. The number of nitriles is 1. The van der Waals surface area contributed by atoms with Crippen molar-refractivity contribution in [3.05, 3.63) is 29.3 Å². The third-order valence-electron chi connectivity index (χ3n) is 2.74. The van der Waals surface area contributed by atoms with Gasteiger partial charge < -0.3 is 16.2 Å². The maximum absolute atomic E-state index is 9.19. The number of nitrogen functional groups attached to an aromatic ring is 2. The largest absolute Gasteiger partial charge is 0.496 e. The lowest BCUT2D eigenvalue weighted by Gasteiger charge is -2.12. The molecule has 1 aromatic carbocycles. The quantitative estimate of drug-likeness (QED) is 0.841. The molecule has 0 bridgehead atoms. The van der Waals surface area contributed by atoms with Crippen LogP contribution in [0.1, 0.15) is 11.1 Å². The number of hydrogen-bond donors (Lipinski definition) is 2. The molecule has 0 saturated heterocycles. The number of aryl methyl sites for hydroxylation is 1. The summed E-state index contributed by atoms with van der Waals surface area (Å²) < 4.78 is 5.36. The van der Waals surface area contributed by atoms with Gasteiger partial charge in [-0.25, -0.2) is 4.98 Å². The Labute approximate surface area is 110 Å². The molecule has 0 unspecified atom stereocenters. The van der Waals surface area contributed by atoms with E-state index < -0.39 is 0 Å². The van der Waals surface area contributed by atoms with Crippen LogP contribution in [0.5, 0.6) is 5.75 Å². The molecule has 6 nitrogen and oxygen atoms in total. The number of hydrogen-bond acceptors (Lipinski definition) is 6. The SMILES string of the molecule is COc1c(C)cccc1-c1nc(N)nc(N)c1C#N. The van der Waals surface area contributed by atoms with Gasteiger partial charge in [-0.3, -0.25) is 0 Å². The van der Waals surface area contributed by atoms with Gasteiger partial charge in [0.2, 0.25) is 5.95 Å². The first-order valence-electron chi connectivity index (χ1n) is 5.55. The number of rotatable bonds is 2. The van der Waals surface area contributed by atoms with Crippen LogP contribution in [0, 0.1) is 18.3 Å². The third kappa shape index (κ3) is 2.13. The van der Waals surface area contributed by atoms with Crippen LogP contribution >= 0.6 is 0 Å². The minimum atomic E-state index is 0.0232. The summed E-state index contributed by atoms with van der Waals surface area (Å²) >= 11 is 0. The van der Waals surface area contributed by atoms with Crippen LogP contribution in [0.2, 0.25) is 0 Å². The van der Waals surface area contributed by atoms with E-state index in [-0.39, 0.29) is 17.3 Å². The smallest absolute Gasteiger partial charge is 0.222 e. The lowest BCUT2D eigenvalue weighted by atomic mass is 10.0. The molecule has 0 saturated carbocycles. The average molecular weight is 255 g/mol. The van der Waals surface area contributed by atoms with E-state index in [1.54, 1.807) is 13.2 Å². The third-order valence-corrected chi connectivity index (χ3v) is 2.74. The maximum Gasteiger partial charge on any atom is 0.222 e. The first-order valence-corrected chi connectivity index (χ1v) is 5.55. The van der Waals surface area contributed by atoms with E-state index >= 15 is 0 Å². The highest BCUT2D eigenvalue weighted by Crippen LogP contribution is 2.34. The molecule has 0 atom stereocenters. The second kappa shape index (κ2) is 4.82. The van der Waals surface area contributed by atoms with Gasteiger partial charge in [-0.05, 0) is 18.6 Å². The first kappa shape index (κ1) is 12.6. The van der Waals surface area contributed by atoms with Gasteiger partial charge in [0.05, 0.1) is 12.8 Å². The summed E-state index contributed by atoms with van der Waals surface area (Å²) in [6, 6.07) is 7.55. The molecule has 0 amide bonds. The zero-order chi connectivity index (χ0) is 14.0. The monoisotopic (exact) mass is 255 g/mol. The minimum Gasteiger partial charge on any atom is -0.496 e. The molecule has 1 heterocycles. The normalized spacial score (nSPS) is 9.95. The van der Waals surface area contributed by atoms with Gasteiger partial charge in [0.25, 0.3) is 0 Å². The molecular weight excluding hydrogens is 242 g/mol. The Balaban J connectivity index is 2.80. The first-order chi connectivity index (χ1) is 9.08. The van der Waals surface area contributed by atoms with Crippen molar-refractivity contribution in [3.8, 4) is 23.1 Å². The minimum absolute atomic E-state index is 0.0232. The predicted octanol–water partition coefficient (Wildman–Crippen LogP) is 1.50. The predicted molar refractivity (Wildman–Crippen MR) is 72.3 cm³/mol. The number of benzene rings is 1. The summed E-state index contributed by atoms with van der Waals surface area (Å²) in [7, 11) is 1.56. The summed E-state index contributed by atoms with van der Waals surface area (Å²) in [6.45, 7) is 1.91. The van der Waals surface area contributed by atoms with Crippen molar-refractivity contribution in [1.82, 2.24) is 9.97 Å². The Morgan fingerprint density at radius 1 is 1.26 bits per heavy atom. The Kier molecular flexibility index (Phi) is 3.21. The maximum atomic E-state index is 9.19. The van der Waals surface area contributed by atoms with Crippen LogP contribution in [0.25, 0.3) is 11.3 Å². The summed E-state index contributed by atoms with van der Waals surface area (Å²) in [6.07, 6.45) is 0. The second-order valence-corrected chi connectivity index (χ2v) is 3.96. The molecular formula is C13H13N5O. The zero-order valence-corrected chi connectivity index (χ0v) is 10.6. The van der Waals surface area contributed by atoms with Gasteiger partial charge >= 0.3 is 0 Å². The van der Waals surface area contributed by atoms with Crippen molar-refractivity contribution < 1.29 is 4.74 Å². The van der Waals surface area contributed by atoms with Gasteiger partial charge in [0, 0.05) is 5.56 Å². The Morgan fingerprint density at radius 2 is 2.00 bits per heavy atom. The van der Waals surface area contributed by atoms with Crippen LogP contribution in [-0.4, -0.2) is 17.1 Å². The van der Waals surface area contributed by atoms with E-state index in [0.29, 0.717) is 17.0 Å². The van der Waals surface area contributed by atoms with E-state index in [9.17, 15) is 5.26 Å². The van der Waals surface area contributed by atoms with E-state index in [0.717, 1.165) is 5.56 Å². The molecule has 1 aromatic heterocycles. The number of nitrogens with zero attached hydrogens (tertiary/aromatic N) is 3. The Hall–Kier alpha value is -2.81. The molecule has 2 aromatic rings. The van der Waals surface area contributed by atoms with Crippen LogP contribution in [0.15, 0.2) is 18.2 Å². The number of para-hydroxylation sites is 1. The number of nitrogens with two attached hydrogens (primary N) is 2. The second-order valence-electron chi connectivity index (χ2n) is 3.96. The lowest BCUT2D eigenvalue weighted by Crippen LogP contribution is -2.05. The highest BCUT2D eigenvalue weighted by Gasteiger charge is 2.17. The summed E-state index contributed by atoms with van der Waals surface area (Å²) in [5, 5.41) is 9.19. The number of methoxy groups -OCH3 is 1. The van der Waals surface area contributed by atoms with E-state index in [1.165, 1.54) is 0 Å². The molecule has 0 aliphatic carbocycles. The van der Waals surface area contributed by atoms with Crippen molar-refractivity contribution >= 4 is 11.8 Å². The van der Waals surface area contributed by atoms with Gasteiger partial charge in [-0.1, -0.05) is 12.1 Å². The molecule has 4 N–H and O–H groups in total. The molecule has 6 heteroatoms. The molecule has 96 valence electrons. The fourth-order valence-corrected chi connectivity index (χ4v) is 1.91. The Morgan fingerprint density at radius 3 is 2.63 bits per heavy atom. The molecule has 0 aliphatic heterocycles. The zero-order valence-electron chi connectivity index (χ0n) is 10.6. The average Bonchev–Trinajstić information content (AvgIpc) is 2.37. The van der Waals surface area contributed by atoms with Crippen molar-refractivity contribution in [1.29, 1.82) is 5.26 Å². The van der Waals surface area contributed by atoms with E-state index in [4.69, 9.17) is 16.2 Å². The van der Waals surface area contributed by atoms with Crippen LogP contribution in [0.3, 0.4) is 0 Å². The molecule has 0 spiro atoms. The standard InChI is InChI=1S/C13H13N5O/c1-7-4-3-5-8(11(7)19-2)10-9(6-14)12(15)18-13(16)17-10/h3-5H,1-2H3,(H4,15,16,17,18). The molecule has 19 heavy (non-hydrogen) atoms.